The minimum absolute atomic E-state index is 0.113. The number of anilines is 1. The van der Waals surface area contributed by atoms with Crippen molar-refractivity contribution in [3.63, 3.8) is 0 Å². The number of amides is 1. The van der Waals surface area contributed by atoms with Crippen LogP contribution in [-0.2, 0) is 13.5 Å². The Morgan fingerprint density at radius 2 is 2.00 bits per heavy atom. The number of alkyl halides is 2. The zero-order valence-corrected chi connectivity index (χ0v) is 19.3. The second kappa shape index (κ2) is 9.30. The number of benzene rings is 1. The van der Waals surface area contributed by atoms with Gasteiger partial charge < -0.3 is 14.9 Å². The van der Waals surface area contributed by atoms with E-state index in [0.717, 1.165) is 16.8 Å². The van der Waals surface area contributed by atoms with Crippen LogP contribution in [0.1, 0.15) is 21.9 Å². The zero-order chi connectivity index (χ0) is 25.4. The molecule has 0 fully saturated rings. The van der Waals surface area contributed by atoms with E-state index < -0.39 is 19.0 Å². The number of halogens is 2. The Kier molecular flexibility index (Phi) is 6.02. The molecular weight excluding hydrogens is 472 g/mol. The SMILES string of the molecule is Cc1ccc(-c2noc(C[C@H](O)C(F)F)n2)cc1NC(=O)c1cnc2ccc(-c3ccn(C)n3)cn12. The van der Waals surface area contributed by atoms with Gasteiger partial charge in [-0.1, -0.05) is 17.3 Å². The Balaban J connectivity index is 1.40. The van der Waals surface area contributed by atoms with Gasteiger partial charge in [-0.25, -0.2) is 13.8 Å². The molecule has 4 heterocycles. The smallest absolute Gasteiger partial charge is 0.274 e. The number of carbonyl (C=O) groups excluding carboxylic acids is 1. The van der Waals surface area contributed by atoms with Crippen molar-refractivity contribution in [2.24, 2.45) is 7.05 Å². The second-order valence-electron chi connectivity index (χ2n) is 8.27. The standard InChI is InChI=1S/C24H21F2N7O3/c1-13-3-4-14(23-29-21(36-31-23)10-19(34)22(25)26)9-17(13)28-24(35)18-11-27-20-6-5-15(12-33(18)20)16-7-8-32(2)30-16/h3-9,11-12,19,22,34H,10H2,1-2H3,(H,28,35)/t19-/m0/s1. The number of imidazole rings is 1. The molecule has 5 aromatic rings. The van der Waals surface area contributed by atoms with Crippen molar-refractivity contribution in [2.75, 3.05) is 5.32 Å². The molecule has 0 radical (unpaired) electrons. The molecule has 36 heavy (non-hydrogen) atoms. The molecule has 1 amide bonds. The highest BCUT2D eigenvalue weighted by Gasteiger charge is 2.21. The number of fused-ring (bicyclic) bond motifs is 1. The number of aliphatic hydroxyl groups is 1. The summed E-state index contributed by atoms with van der Waals surface area (Å²) in [6.07, 6.45) is -0.140. The van der Waals surface area contributed by atoms with E-state index in [0.29, 0.717) is 22.6 Å². The highest BCUT2D eigenvalue weighted by molar-refractivity contribution is 6.04. The van der Waals surface area contributed by atoms with Crippen molar-refractivity contribution in [3.05, 3.63) is 72.1 Å². The molecule has 1 aromatic carbocycles. The van der Waals surface area contributed by atoms with E-state index in [-0.39, 0.29) is 17.6 Å². The quantitative estimate of drug-likeness (QED) is 0.356. The summed E-state index contributed by atoms with van der Waals surface area (Å²) in [5.41, 5.74) is 4.33. The molecular formula is C24H21F2N7O3. The molecule has 1 atom stereocenters. The Morgan fingerprint density at radius 1 is 1.19 bits per heavy atom. The summed E-state index contributed by atoms with van der Waals surface area (Å²) < 4.78 is 33.6. The van der Waals surface area contributed by atoms with Crippen LogP contribution in [0.4, 0.5) is 14.5 Å². The summed E-state index contributed by atoms with van der Waals surface area (Å²) >= 11 is 0. The third-order valence-electron chi connectivity index (χ3n) is 5.63. The summed E-state index contributed by atoms with van der Waals surface area (Å²) in [5, 5.41) is 20.4. The first kappa shape index (κ1) is 23.3. The molecule has 0 spiro atoms. The summed E-state index contributed by atoms with van der Waals surface area (Å²) in [7, 11) is 1.83. The van der Waals surface area contributed by atoms with Gasteiger partial charge in [0.1, 0.15) is 17.4 Å². The lowest BCUT2D eigenvalue weighted by molar-refractivity contribution is -0.00754. The zero-order valence-electron chi connectivity index (χ0n) is 19.3. The summed E-state index contributed by atoms with van der Waals surface area (Å²) in [5.74, 6) is -0.343. The van der Waals surface area contributed by atoms with Crippen molar-refractivity contribution in [3.8, 4) is 22.6 Å². The topological polar surface area (TPSA) is 123 Å². The molecule has 12 heteroatoms. The van der Waals surface area contributed by atoms with E-state index in [1.165, 1.54) is 6.20 Å². The lowest BCUT2D eigenvalue weighted by Gasteiger charge is -2.10. The molecule has 0 saturated carbocycles. The van der Waals surface area contributed by atoms with Gasteiger partial charge in [0, 0.05) is 36.3 Å². The van der Waals surface area contributed by atoms with Crippen LogP contribution >= 0.6 is 0 Å². The number of carbonyl (C=O) groups is 1. The molecule has 10 nitrogen and oxygen atoms in total. The van der Waals surface area contributed by atoms with E-state index >= 15 is 0 Å². The van der Waals surface area contributed by atoms with Crippen molar-refractivity contribution < 1.29 is 23.2 Å². The van der Waals surface area contributed by atoms with Crippen LogP contribution in [0, 0.1) is 6.92 Å². The molecule has 5 rings (SSSR count). The Bertz CT molecular complexity index is 1560. The second-order valence-corrected chi connectivity index (χ2v) is 8.27. The van der Waals surface area contributed by atoms with Crippen LogP contribution in [0.5, 0.6) is 0 Å². The molecule has 0 aliphatic rings. The number of pyridine rings is 1. The van der Waals surface area contributed by atoms with Crippen LogP contribution in [-0.4, -0.2) is 52.8 Å². The van der Waals surface area contributed by atoms with Crippen LogP contribution in [0.25, 0.3) is 28.3 Å². The normalized spacial score (nSPS) is 12.4. The first-order chi connectivity index (χ1) is 17.3. The molecule has 0 bridgehead atoms. The Morgan fingerprint density at radius 3 is 2.75 bits per heavy atom. The number of aryl methyl sites for hydroxylation is 2. The molecule has 0 unspecified atom stereocenters. The lowest BCUT2D eigenvalue weighted by atomic mass is 10.1. The maximum absolute atomic E-state index is 13.2. The number of aliphatic hydroxyl groups excluding tert-OH is 1. The fraction of sp³-hybridized carbons (Fsp3) is 0.208. The third-order valence-corrected chi connectivity index (χ3v) is 5.63. The van der Waals surface area contributed by atoms with Gasteiger partial charge in [-0.05, 0) is 36.8 Å². The van der Waals surface area contributed by atoms with Gasteiger partial charge in [0.2, 0.25) is 11.7 Å². The van der Waals surface area contributed by atoms with Crippen molar-refractivity contribution in [1.82, 2.24) is 29.3 Å². The average Bonchev–Trinajstić information content (AvgIpc) is 3.59. The lowest BCUT2D eigenvalue weighted by Crippen LogP contribution is -2.20. The van der Waals surface area contributed by atoms with Crippen LogP contribution in [0.3, 0.4) is 0 Å². The predicted molar refractivity (Wildman–Crippen MR) is 126 cm³/mol. The van der Waals surface area contributed by atoms with Gasteiger partial charge in [0.15, 0.2) is 0 Å². The van der Waals surface area contributed by atoms with Gasteiger partial charge in [-0.2, -0.15) is 10.1 Å². The summed E-state index contributed by atoms with van der Waals surface area (Å²) in [4.78, 5) is 21.6. The average molecular weight is 493 g/mol. The monoisotopic (exact) mass is 493 g/mol. The van der Waals surface area contributed by atoms with E-state index in [2.05, 4.69) is 25.5 Å². The fourth-order valence-corrected chi connectivity index (χ4v) is 3.67. The highest BCUT2D eigenvalue weighted by Crippen LogP contribution is 2.25. The molecule has 0 aliphatic heterocycles. The number of rotatable bonds is 7. The maximum atomic E-state index is 13.2. The van der Waals surface area contributed by atoms with Gasteiger partial charge in [-0.3, -0.25) is 13.9 Å². The highest BCUT2D eigenvalue weighted by atomic mass is 19.3. The molecule has 0 saturated heterocycles. The van der Waals surface area contributed by atoms with E-state index in [1.54, 1.807) is 33.5 Å². The number of hydrogen-bond donors (Lipinski definition) is 2. The van der Waals surface area contributed by atoms with Crippen molar-refractivity contribution in [2.45, 2.75) is 25.9 Å². The van der Waals surface area contributed by atoms with Gasteiger partial charge >= 0.3 is 0 Å². The van der Waals surface area contributed by atoms with Crippen molar-refractivity contribution >= 4 is 17.2 Å². The largest absolute Gasteiger partial charge is 0.387 e. The van der Waals surface area contributed by atoms with Crippen LogP contribution in [0.15, 0.2) is 59.5 Å². The first-order valence-corrected chi connectivity index (χ1v) is 11.0. The van der Waals surface area contributed by atoms with Gasteiger partial charge in [0.25, 0.3) is 12.3 Å². The number of nitrogens with zero attached hydrogens (tertiary/aromatic N) is 6. The fourth-order valence-electron chi connectivity index (χ4n) is 3.67. The number of nitrogens with one attached hydrogen (secondary N) is 1. The predicted octanol–water partition coefficient (Wildman–Crippen LogP) is 3.51. The Hall–Kier alpha value is -4.45. The van der Waals surface area contributed by atoms with E-state index in [1.807, 2.05) is 38.4 Å². The minimum atomic E-state index is -2.92. The first-order valence-electron chi connectivity index (χ1n) is 11.0. The minimum Gasteiger partial charge on any atom is -0.387 e. The van der Waals surface area contributed by atoms with E-state index in [4.69, 9.17) is 4.52 Å². The molecule has 0 aliphatic carbocycles. The molecule has 184 valence electrons. The van der Waals surface area contributed by atoms with E-state index in [9.17, 15) is 18.7 Å². The third kappa shape index (κ3) is 4.58. The maximum Gasteiger partial charge on any atom is 0.274 e. The summed E-state index contributed by atoms with van der Waals surface area (Å²) in [6.45, 7) is 1.83. The van der Waals surface area contributed by atoms with Crippen LogP contribution < -0.4 is 5.32 Å². The van der Waals surface area contributed by atoms with Crippen molar-refractivity contribution in [1.29, 1.82) is 0 Å². The van der Waals surface area contributed by atoms with Gasteiger partial charge in [-0.15, -0.1) is 0 Å². The van der Waals surface area contributed by atoms with Crippen LogP contribution in [0.2, 0.25) is 0 Å². The van der Waals surface area contributed by atoms with Gasteiger partial charge in [0.05, 0.1) is 18.3 Å². The number of hydrogen-bond acceptors (Lipinski definition) is 7. The molecule has 4 aromatic heterocycles. The number of aromatic nitrogens is 6. The summed E-state index contributed by atoms with van der Waals surface area (Å²) in [6, 6.07) is 10.7. The Labute approximate surface area is 203 Å². The molecule has 2 N–H and O–H groups in total.